The number of halogens is 6. The van der Waals surface area contributed by atoms with E-state index in [9.17, 15) is 31.1 Å². The van der Waals surface area contributed by atoms with E-state index in [1.54, 1.807) is 0 Å². The predicted octanol–water partition coefficient (Wildman–Crippen LogP) is 2.49. The van der Waals surface area contributed by atoms with Crippen molar-refractivity contribution in [3.63, 3.8) is 0 Å². The Morgan fingerprint density at radius 1 is 0.778 bits per heavy atom. The molecule has 3 nitrogen and oxygen atoms in total. The number of hydrogen-bond donors (Lipinski definition) is 0. The maximum absolute atomic E-state index is 11.6. The summed E-state index contributed by atoms with van der Waals surface area (Å²) in [6.07, 6.45) is -9.49. The van der Waals surface area contributed by atoms with Crippen LogP contribution < -0.4 is 0 Å². The number of rotatable bonds is 8. The second kappa shape index (κ2) is 7.57. The first-order valence-corrected chi connectivity index (χ1v) is 4.91. The van der Waals surface area contributed by atoms with Crippen LogP contribution in [-0.2, 0) is 14.3 Å². The van der Waals surface area contributed by atoms with Crippen LogP contribution in [-0.4, -0.2) is 44.6 Å². The highest BCUT2D eigenvalue weighted by molar-refractivity contribution is 5.78. The van der Waals surface area contributed by atoms with Crippen LogP contribution in [0, 0.1) is 0 Å². The SMILES string of the molecule is O=C(CCOCC(F)(F)F)CCOCC(F)(F)F. The van der Waals surface area contributed by atoms with Crippen molar-refractivity contribution in [1.82, 2.24) is 0 Å². The summed E-state index contributed by atoms with van der Waals surface area (Å²) in [5.41, 5.74) is 0. The largest absolute Gasteiger partial charge is 0.411 e. The first-order valence-electron chi connectivity index (χ1n) is 4.91. The van der Waals surface area contributed by atoms with Crippen LogP contribution in [0.3, 0.4) is 0 Å². The second-order valence-electron chi connectivity index (χ2n) is 3.37. The fourth-order valence-corrected chi connectivity index (χ4v) is 0.873. The zero-order chi connectivity index (χ0) is 14.2. The van der Waals surface area contributed by atoms with Gasteiger partial charge in [-0.3, -0.25) is 4.79 Å². The lowest BCUT2D eigenvalue weighted by atomic mass is 10.2. The van der Waals surface area contributed by atoms with E-state index in [0.717, 1.165) is 0 Å². The van der Waals surface area contributed by atoms with Crippen molar-refractivity contribution in [2.45, 2.75) is 25.2 Å². The monoisotopic (exact) mass is 282 g/mol. The van der Waals surface area contributed by atoms with E-state index >= 15 is 0 Å². The van der Waals surface area contributed by atoms with Crippen molar-refractivity contribution in [1.29, 1.82) is 0 Å². The fraction of sp³-hybridized carbons (Fsp3) is 0.889. The minimum atomic E-state index is -4.46. The second-order valence-corrected chi connectivity index (χ2v) is 3.37. The molecule has 0 spiro atoms. The summed E-state index contributed by atoms with van der Waals surface area (Å²) in [5, 5.41) is 0. The van der Waals surface area contributed by atoms with Crippen molar-refractivity contribution in [3.05, 3.63) is 0 Å². The van der Waals surface area contributed by atoms with Crippen LogP contribution in [0.2, 0.25) is 0 Å². The van der Waals surface area contributed by atoms with Crippen LogP contribution in [0.25, 0.3) is 0 Å². The lowest BCUT2D eigenvalue weighted by Crippen LogP contribution is -2.20. The third-order valence-electron chi connectivity index (χ3n) is 1.58. The Hall–Kier alpha value is -0.830. The van der Waals surface area contributed by atoms with E-state index in [0.29, 0.717) is 0 Å². The Kier molecular flexibility index (Phi) is 7.22. The van der Waals surface area contributed by atoms with Gasteiger partial charge in [0.15, 0.2) is 0 Å². The van der Waals surface area contributed by atoms with Gasteiger partial charge in [-0.15, -0.1) is 0 Å². The zero-order valence-corrected chi connectivity index (χ0v) is 9.24. The number of ketones is 1. The maximum Gasteiger partial charge on any atom is 0.411 e. The van der Waals surface area contributed by atoms with Crippen molar-refractivity contribution >= 4 is 5.78 Å². The van der Waals surface area contributed by atoms with Crippen molar-refractivity contribution in [3.8, 4) is 0 Å². The molecule has 0 radical (unpaired) electrons. The molecule has 18 heavy (non-hydrogen) atoms. The summed E-state index contributed by atoms with van der Waals surface area (Å²) >= 11 is 0. The van der Waals surface area contributed by atoms with Gasteiger partial charge in [-0.25, -0.2) is 0 Å². The number of alkyl halides is 6. The first kappa shape index (κ1) is 17.2. The summed E-state index contributed by atoms with van der Waals surface area (Å²) in [7, 11) is 0. The topological polar surface area (TPSA) is 35.5 Å². The van der Waals surface area contributed by atoms with Crippen LogP contribution in [0.4, 0.5) is 26.3 Å². The van der Waals surface area contributed by atoms with Gasteiger partial charge in [0.2, 0.25) is 0 Å². The van der Waals surface area contributed by atoms with E-state index in [-0.39, 0.29) is 12.8 Å². The smallest absolute Gasteiger partial charge is 0.372 e. The molecule has 0 aromatic rings. The standard InChI is InChI=1S/C9H12F6O3/c10-8(11,12)5-17-3-1-7(16)2-4-18-6-9(13,14)15/h1-6H2. The number of carbonyl (C=O) groups excluding carboxylic acids is 1. The molecule has 0 rings (SSSR count). The van der Waals surface area contributed by atoms with Gasteiger partial charge in [0.05, 0.1) is 13.2 Å². The Bertz CT molecular complexity index is 224. The van der Waals surface area contributed by atoms with Crippen LogP contribution in [0.5, 0.6) is 0 Å². The molecule has 0 saturated heterocycles. The third-order valence-corrected chi connectivity index (χ3v) is 1.58. The minimum absolute atomic E-state index is 0.286. The summed E-state index contributed by atoms with van der Waals surface area (Å²) < 4.78 is 77.9. The average Bonchev–Trinajstić information content (AvgIpc) is 2.17. The van der Waals surface area contributed by atoms with Gasteiger partial charge < -0.3 is 9.47 Å². The van der Waals surface area contributed by atoms with Crippen LogP contribution >= 0.6 is 0 Å². The number of carbonyl (C=O) groups is 1. The third kappa shape index (κ3) is 13.2. The molecule has 0 N–H and O–H groups in total. The molecule has 0 bridgehead atoms. The Balaban J connectivity index is 3.44. The Morgan fingerprint density at radius 2 is 1.11 bits per heavy atom. The Morgan fingerprint density at radius 3 is 1.39 bits per heavy atom. The molecule has 0 aliphatic rings. The molecule has 0 heterocycles. The Labute approximate surface area is 99.0 Å². The van der Waals surface area contributed by atoms with Gasteiger partial charge in [-0.05, 0) is 0 Å². The van der Waals surface area contributed by atoms with Gasteiger partial charge >= 0.3 is 12.4 Å². The molecular weight excluding hydrogens is 270 g/mol. The van der Waals surface area contributed by atoms with Gasteiger partial charge in [-0.1, -0.05) is 0 Å². The zero-order valence-electron chi connectivity index (χ0n) is 9.24. The molecule has 9 heteroatoms. The summed E-state index contributed by atoms with van der Waals surface area (Å²) in [4.78, 5) is 11.0. The average molecular weight is 282 g/mol. The summed E-state index contributed by atoms with van der Waals surface area (Å²) in [6.45, 7) is -3.75. The van der Waals surface area contributed by atoms with E-state index in [2.05, 4.69) is 9.47 Å². The molecule has 0 saturated carbocycles. The van der Waals surface area contributed by atoms with E-state index in [4.69, 9.17) is 0 Å². The van der Waals surface area contributed by atoms with E-state index in [1.165, 1.54) is 0 Å². The minimum Gasteiger partial charge on any atom is -0.372 e. The summed E-state index contributed by atoms with van der Waals surface area (Å²) in [6, 6.07) is 0. The molecule has 108 valence electrons. The van der Waals surface area contributed by atoms with Crippen molar-refractivity contribution in [2.75, 3.05) is 26.4 Å². The highest BCUT2D eigenvalue weighted by atomic mass is 19.4. The van der Waals surface area contributed by atoms with Gasteiger partial charge in [0, 0.05) is 12.8 Å². The molecule has 0 unspecified atom stereocenters. The lowest BCUT2D eigenvalue weighted by molar-refractivity contribution is -0.176. The fourth-order valence-electron chi connectivity index (χ4n) is 0.873. The van der Waals surface area contributed by atoms with Gasteiger partial charge in [0.25, 0.3) is 0 Å². The van der Waals surface area contributed by atoms with Crippen LogP contribution in [0.1, 0.15) is 12.8 Å². The van der Waals surface area contributed by atoms with Gasteiger partial charge in [0.1, 0.15) is 19.0 Å². The quantitative estimate of drug-likeness (QED) is 0.507. The number of hydrogen-bond acceptors (Lipinski definition) is 3. The molecule has 0 atom stereocenters. The normalized spacial score (nSPS) is 12.8. The highest BCUT2D eigenvalue weighted by Gasteiger charge is 2.28. The van der Waals surface area contributed by atoms with Gasteiger partial charge in [-0.2, -0.15) is 26.3 Å². The maximum atomic E-state index is 11.6. The van der Waals surface area contributed by atoms with Crippen molar-refractivity contribution in [2.24, 2.45) is 0 Å². The number of Topliss-reactive ketones (excluding diaryl/α,β-unsaturated/α-hetero) is 1. The molecule has 0 amide bonds. The van der Waals surface area contributed by atoms with E-state index in [1.807, 2.05) is 0 Å². The molecule has 0 aromatic carbocycles. The molecule has 0 aliphatic carbocycles. The van der Waals surface area contributed by atoms with Crippen molar-refractivity contribution < 1.29 is 40.6 Å². The molecular formula is C9H12F6O3. The predicted molar refractivity (Wildman–Crippen MR) is 48.0 cm³/mol. The first-order chi connectivity index (χ1) is 8.10. The molecule has 0 aromatic heterocycles. The van der Waals surface area contributed by atoms with E-state index < -0.39 is 44.6 Å². The molecule has 0 aliphatic heterocycles. The summed E-state index contributed by atoms with van der Waals surface area (Å²) in [5.74, 6) is -0.514. The highest BCUT2D eigenvalue weighted by Crippen LogP contribution is 2.15. The molecule has 0 fully saturated rings. The lowest BCUT2D eigenvalue weighted by Gasteiger charge is -2.08. The van der Waals surface area contributed by atoms with Crippen LogP contribution in [0.15, 0.2) is 0 Å². The number of ether oxygens (including phenoxy) is 2.